The second kappa shape index (κ2) is 12.5. The number of pyridine rings is 1. The molecule has 0 radical (unpaired) electrons. The lowest BCUT2D eigenvalue weighted by Crippen LogP contribution is -2.44. The van der Waals surface area contributed by atoms with Gasteiger partial charge in [-0.2, -0.15) is 0 Å². The van der Waals surface area contributed by atoms with Gasteiger partial charge in [0, 0.05) is 56.8 Å². The van der Waals surface area contributed by atoms with E-state index in [0.717, 1.165) is 3.97 Å². The summed E-state index contributed by atoms with van der Waals surface area (Å²) in [5, 5.41) is 2.99. The molecule has 2 amide bonds. The molecule has 1 atom stereocenters. The number of aromatic nitrogens is 2. The molecule has 40 heavy (non-hydrogen) atoms. The molecule has 12 heteroatoms. The summed E-state index contributed by atoms with van der Waals surface area (Å²) in [5.41, 5.74) is 1.58. The number of hydrogen-bond acceptors (Lipinski definition) is 6. The Morgan fingerprint density at radius 3 is 2.55 bits per heavy atom. The highest BCUT2D eigenvalue weighted by molar-refractivity contribution is 7.90. The molecule has 0 aliphatic carbocycles. The number of amides is 2. The predicted octanol–water partition coefficient (Wildman–Crippen LogP) is 3.64. The van der Waals surface area contributed by atoms with E-state index < -0.39 is 21.9 Å². The minimum atomic E-state index is -4.16. The number of rotatable bonds is 9. The number of piperidine rings is 1. The minimum absolute atomic E-state index is 0.0743. The smallest absolute Gasteiger partial charge is 0.269 e. The van der Waals surface area contributed by atoms with Crippen LogP contribution in [0, 0.1) is 11.7 Å². The number of nitrogens with zero attached hydrogens (tertiary/aromatic N) is 4. The Morgan fingerprint density at radius 1 is 1.20 bits per heavy atom. The molecule has 1 aromatic carbocycles. The van der Waals surface area contributed by atoms with Gasteiger partial charge in [0.15, 0.2) is 0 Å². The lowest BCUT2D eigenvalue weighted by molar-refractivity contribution is -0.140. The number of alkyl halides is 1. The zero-order valence-corrected chi connectivity index (χ0v) is 24.3. The first-order chi connectivity index (χ1) is 19.1. The average molecular weight is 590 g/mol. The summed E-state index contributed by atoms with van der Waals surface area (Å²) in [6, 6.07) is 8.70. The Bertz CT molecular complexity index is 1490. The van der Waals surface area contributed by atoms with E-state index in [0.29, 0.717) is 43.6 Å². The maximum absolute atomic E-state index is 14.7. The molecule has 1 aliphatic rings. The third-order valence-corrected chi connectivity index (χ3v) is 9.25. The lowest BCUT2D eigenvalue weighted by atomic mass is 9.94. The van der Waals surface area contributed by atoms with Gasteiger partial charge in [-0.25, -0.2) is 16.8 Å². The highest BCUT2D eigenvalue weighted by Gasteiger charge is 2.31. The van der Waals surface area contributed by atoms with Crippen molar-refractivity contribution in [3.8, 4) is 11.3 Å². The van der Waals surface area contributed by atoms with Crippen LogP contribution in [0.1, 0.15) is 36.9 Å². The molecule has 1 unspecified atom stereocenters. The number of benzene rings is 1. The highest BCUT2D eigenvalue weighted by Crippen LogP contribution is 2.31. The van der Waals surface area contributed by atoms with Gasteiger partial charge in [0.2, 0.25) is 11.8 Å². The largest absolute Gasteiger partial charge is 0.342 e. The van der Waals surface area contributed by atoms with E-state index in [1.165, 1.54) is 36.8 Å². The first kappa shape index (κ1) is 29.7. The zero-order valence-electron chi connectivity index (χ0n) is 22.7. The predicted molar refractivity (Wildman–Crippen MR) is 151 cm³/mol. The van der Waals surface area contributed by atoms with Crippen molar-refractivity contribution in [2.45, 2.75) is 37.2 Å². The lowest BCUT2D eigenvalue weighted by Gasteiger charge is -2.34. The van der Waals surface area contributed by atoms with Gasteiger partial charge < -0.3 is 15.1 Å². The number of nitrogens with one attached hydrogen (secondary N) is 1. The van der Waals surface area contributed by atoms with E-state index in [1.807, 2.05) is 6.92 Å². The first-order valence-corrected chi connectivity index (χ1v) is 15.0. The molecule has 1 saturated heterocycles. The summed E-state index contributed by atoms with van der Waals surface area (Å²) in [5.74, 6) is -1.09. The maximum atomic E-state index is 14.7. The quantitative estimate of drug-likeness (QED) is 0.382. The van der Waals surface area contributed by atoms with Gasteiger partial charge in [0.05, 0.1) is 11.7 Å². The molecular formula is C28H33ClFN5O4S. The number of carbonyl (C=O) groups is 2. The fourth-order valence-corrected chi connectivity index (χ4v) is 6.50. The van der Waals surface area contributed by atoms with Crippen molar-refractivity contribution in [3.05, 3.63) is 71.9 Å². The van der Waals surface area contributed by atoms with Gasteiger partial charge in [-0.05, 0) is 62.2 Å². The van der Waals surface area contributed by atoms with Crippen LogP contribution < -0.4 is 5.32 Å². The summed E-state index contributed by atoms with van der Waals surface area (Å²) < 4.78 is 43.5. The minimum Gasteiger partial charge on any atom is -0.342 e. The molecule has 0 spiro atoms. The molecule has 1 aliphatic heterocycles. The van der Waals surface area contributed by atoms with Crippen molar-refractivity contribution >= 4 is 33.4 Å². The van der Waals surface area contributed by atoms with Gasteiger partial charge in [-0.1, -0.05) is 12.1 Å². The summed E-state index contributed by atoms with van der Waals surface area (Å²) in [4.78, 5) is 32.5. The van der Waals surface area contributed by atoms with E-state index >= 15 is 0 Å². The SMILES string of the molecule is CNCc1cc(-c2ccccc2F)n(S(=O)(=O)c2cncc(C(C)N(C)C(=O)C3CCN(C(=O)CCl)CC3)c2)c1. The molecule has 9 nitrogen and oxygen atoms in total. The summed E-state index contributed by atoms with van der Waals surface area (Å²) in [6.45, 7) is 3.14. The normalized spacial score (nSPS) is 15.2. The average Bonchev–Trinajstić information content (AvgIpc) is 3.40. The second-order valence-corrected chi connectivity index (χ2v) is 12.0. The van der Waals surface area contributed by atoms with E-state index in [4.69, 9.17) is 11.6 Å². The van der Waals surface area contributed by atoms with Crippen LogP contribution in [-0.4, -0.2) is 72.1 Å². The summed E-state index contributed by atoms with van der Waals surface area (Å²) in [7, 11) is -0.746. The number of halogens is 2. The van der Waals surface area contributed by atoms with Crippen molar-refractivity contribution in [2.75, 3.05) is 33.1 Å². The van der Waals surface area contributed by atoms with Crippen molar-refractivity contribution in [3.63, 3.8) is 0 Å². The third kappa shape index (κ3) is 6.06. The Labute approximate surface area is 239 Å². The fraction of sp³-hybridized carbons (Fsp3) is 0.393. The van der Waals surface area contributed by atoms with E-state index in [1.54, 1.807) is 42.1 Å². The molecular weight excluding hydrogens is 557 g/mol. The number of hydrogen-bond donors (Lipinski definition) is 1. The van der Waals surface area contributed by atoms with Crippen molar-refractivity contribution in [1.82, 2.24) is 24.1 Å². The van der Waals surface area contributed by atoms with Crippen LogP contribution in [0.3, 0.4) is 0 Å². The van der Waals surface area contributed by atoms with Gasteiger partial charge >= 0.3 is 0 Å². The van der Waals surface area contributed by atoms with E-state index in [2.05, 4.69) is 10.3 Å². The Kier molecular flexibility index (Phi) is 9.27. The summed E-state index contributed by atoms with van der Waals surface area (Å²) >= 11 is 5.65. The van der Waals surface area contributed by atoms with Gasteiger partial charge in [0.1, 0.15) is 16.6 Å². The molecule has 3 aromatic rings. The second-order valence-electron chi connectivity index (χ2n) is 9.91. The van der Waals surface area contributed by atoms with Crippen LogP contribution in [0.4, 0.5) is 4.39 Å². The molecule has 4 rings (SSSR count). The molecule has 214 valence electrons. The number of carbonyl (C=O) groups excluding carboxylic acids is 2. The molecule has 1 N–H and O–H groups in total. The maximum Gasteiger partial charge on any atom is 0.269 e. The van der Waals surface area contributed by atoms with Gasteiger partial charge in [0.25, 0.3) is 10.0 Å². The molecule has 2 aromatic heterocycles. The van der Waals surface area contributed by atoms with Gasteiger partial charge in [-0.15, -0.1) is 11.6 Å². The van der Waals surface area contributed by atoms with E-state index in [-0.39, 0.29) is 39.8 Å². The van der Waals surface area contributed by atoms with Crippen molar-refractivity contribution in [2.24, 2.45) is 5.92 Å². The van der Waals surface area contributed by atoms with Crippen molar-refractivity contribution in [1.29, 1.82) is 0 Å². The van der Waals surface area contributed by atoms with Crippen LogP contribution in [0.25, 0.3) is 11.3 Å². The van der Waals surface area contributed by atoms with Crippen LogP contribution in [-0.2, 0) is 26.2 Å². The van der Waals surface area contributed by atoms with Crippen LogP contribution in [0.5, 0.6) is 0 Å². The molecule has 0 saturated carbocycles. The Morgan fingerprint density at radius 2 is 1.90 bits per heavy atom. The van der Waals surface area contributed by atoms with Crippen LogP contribution >= 0.6 is 11.6 Å². The van der Waals surface area contributed by atoms with Crippen LogP contribution in [0.15, 0.2) is 59.9 Å². The van der Waals surface area contributed by atoms with Gasteiger partial charge in [-0.3, -0.25) is 14.6 Å². The standard InChI is InChI=1S/C28H33ClFN5O4S/c1-19(33(3)28(37)21-8-10-34(11-9-21)27(36)14-29)22-13-23(17-32-16-22)40(38,39)35-18-20(15-31-2)12-26(35)24-6-4-5-7-25(24)30/h4-7,12-13,16-19,21,31H,8-11,14-15H2,1-3H3. The van der Waals surface area contributed by atoms with Crippen molar-refractivity contribution < 1.29 is 22.4 Å². The molecule has 1 fully saturated rings. The Hall–Kier alpha value is -3.28. The Balaban J connectivity index is 1.60. The first-order valence-electron chi connectivity index (χ1n) is 13.0. The number of likely N-dealkylation sites (tertiary alicyclic amines) is 1. The molecule has 0 bridgehead atoms. The van der Waals surface area contributed by atoms with E-state index in [9.17, 15) is 22.4 Å². The fourth-order valence-electron chi connectivity index (χ4n) is 4.94. The van der Waals surface area contributed by atoms with Crippen LogP contribution in [0.2, 0.25) is 0 Å². The highest BCUT2D eigenvalue weighted by atomic mass is 35.5. The zero-order chi connectivity index (χ0) is 29.0. The monoisotopic (exact) mass is 589 g/mol. The third-order valence-electron chi connectivity index (χ3n) is 7.39. The topological polar surface area (TPSA) is 105 Å². The summed E-state index contributed by atoms with van der Waals surface area (Å²) in [6.07, 6.45) is 5.33. The molecule has 3 heterocycles.